The van der Waals surface area contributed by atoms with Gasteiger partial charge in [0.15, 0.2) is 0 Å². The minimum atomic E-state index is -4.18. The van der Waals surface area contributed by atoms with Crippen molar-refractivity contribution in [3.05, 3.63) is 77.9 Å². The molecule has 0 amide bonds. The summed E-state index contributed by atoms with van der Waals surface area (Å²) in [7, 11) is 0.637. The molecule has 0 fully saturated rings. The molecule has 0 aliphatic rings. The number of nitrogens with zero attached hydrogens (tertiary/aromatic N) is 1. The first-order valence-electron chi connectivity index (χ1n) is 9.80. The fourth-order valence-corrected chi connectivity index (χ4v) is 4.97. The smallest absolute Gasteiger partial charge is 0.271 e. The minimum absolute atomic E-state index is 0.0921. The maximum Gasteiger partial charge on any atom is 0.271 e. The molecule has 3 aromatic rings. The van der Waals surface area contributed by atoms with Crippen LogP contribution in [0.15, 0.2) is 65.8 Å². The molecule has 0 bridgehead atoms. The van der Waals surface area contributed by atoms with Crippen molar-refractivity contribution >= 4 is 21.8 Å². The van der Waals surface area contributed by atoms with Gasteiger partial charge >= 0.3 is 0 Å². The number of hydrogen-bond acceptors (Lipinski definition) is 6. The van der Waals surface area contributed by atoms with E-state index in [1.807, 2.05) is 0 Å². The summed E-state index contributed by atoms with van der Waals surface area (Å²) in [6.45, 7) is 0.407. The van der Waals surface area contributed by atoms with E-state index in [9.17, 15) is 12.8 Å². The standard InChI is InChI=1S/C23H25FN4O3S/c1-26-13-16-10-21(19-6-4-5-7-20(19)24)28(15-16)32(29,30)23-11-17(8-9-22(23)31-3)18(12-25)14-27-2/h4-12,14-15,25-27H,13H2,1-3H3/b18-14+,25-12?. The van der Waals surface area contributed by atoms with E-state index < -0.39 is 15.8 Å². The van der Waals surface area contributed by atoms with Crippen molar-refractivity contribution in [3.8, 4) is 17.0 Å². The quantitative estimate of drug-likeness (QED) is 0.429. The van der Waals surface area contributed by atoms with Crippen LogP contribution < -0.4 is 15.4 Å². The SMILES string of the molecule is CN/C=C(\C=N)c1ccc(OC)c(S(=O)(=O)n2cc(CNC)cc2-c2ccccc2F)c1. The molecule has 0 saturated carbocycles. The summed E-state index contributed by atoms with van der Waals surface area (Å²) in [6, 6.07) is 12.3. The van der Waals surface area contributed by atoms with Crippen LogP contribution in [0.3, 0.4) is 0 Å². The van der Waals surface area contributed by atoms with Crippen LogP contribution in [0, 0.1) is 11.2 Å². The van der Waals surface area contributed by atoms with Gasteiger partial charge in [-0.15, -0.1) is 0 Å². The molecule has 0 aliphatic carbocycles. The van der Waals surface area contributed by atoms with E-state index in [-0.39, 0.29) is 21.9 Å². The topological polar surface area (TPSA) is 96.2 Å². The molecule has 0 atom stereocenters. The highest BCUT2D eigenvalue weighted by Gasteiger charge is 2.27. The number of rotatable bonds is 9. The molecule has 32 heavy (non-hydrogen) atoms. The van der Waals surface area contributed by atoms with E-state index in [1.165, 1.54) is 37.6 Å². The van der Waals surface area contributed by atoms with Crippen LogP contribution in [-0.2, 0) is 16.6 Å². The predicted molar refractivity (Wildman–Crippen MR) is 124 cm³/mol. The third-order valence-electron chi connectivity index (χ3n) is 4.86. The van der Waals surface area contributed by atoms with E-state index in [4.69, 9.17) is 10.1 Å². The Bertz CT molecular complexity index is 1270. The maximum atomic E-state index is 14.6. The molecular weight excluding hydrogens is 431 g/mol. The Balaban J connectivity index is 2.27. The highest BCUT2D eigenvalue weighted by Crippen LogP contribution is 2.33. The Morgan fingerprint density at radius 3 is 2.56 bits per heavy atom. The van der Waals surface area contributed by atoms with Gasteiger partial charge < -0.3 is 20.8 Å². The number of methoxy groups -OCH3 is 1. The van der Waals surface area contributed by atoms with E-state index in [2.05, 4.69) is 10.6 Å². The van der Waals surface area contributed by atoms with E-state index in [0.717, 1.165) is 10.2 Å². The molecule has 1 heterocycles. The van der Waals surface area contributed by atoms with Gasteiger partial charge in [0.2, 0.25) is 0 Å². The molecular formula is C23H25FN4O3S. The van der Waals surface area contributed by atoms with E-state index in [0.29, 0.717) is 23.2 Å². The highest BCUT2D eigenvalue weighted by atomic mass is 32.2. The number of aromatic nitrogens is 1. The molecule has 7 nitrogen and oxygen atoms in total. The van der Waals surface area contributed by atoms with Gasteiger partial charge in [-0.05, 0) is 48.5 Å². The summed E-state index contributed by atoms with van der Waals surface area (Å²) in [5, 5.41) is 13.5. The van der Waals surface area contributed by atoms with Crippen LogP contribution >= 0.6 is 0 Å². The molecule has 0 radical (unpaired) electrons. The zero-order chi connectivity index (χ0) is 23.3. The molecule has 3 rings (SSSR count). The molecule has 0 aliphatic heterocycles. The van der Waals surface area contributed by atoms with Crippen LogP contribution in [0.5, 0.6) is 5.75 Å². The first-order valence-corrected chi connectivity index (χ1v) is 11.2. The zero-order valence-corrected chi connectivity index (χ0v) is 18.8. The van der Waals surface area contributed by atoms with Gasteiger partial charge in [0.1, 0.15) is 16.5 Å². The highest BCUT2D eigenvalue weighted by molar-refractivity contribution is 7.90. The average molecular weight is 457 g/mol. The third kappa shape index (κ3) is 4.44. The normalized spacial score (nSPS) is 11.9. The van der Waals surface area contributed by atoms with Crippen LogP contribution in [0.1, 0.15) is 11.1 Å². The molecule has 1 aromatic heterocycles. The number of ether oxygens (including phenoxy) is 1. The summed E-state index contributed by atoms with van der Waals surface area (Å²) in [4.78, 5) is -0.0921. The van der Waals surface area contributed by atoms with Crippen LogP contribution in [0.25, 0.3) is 16.8 Å². The van der Waals surface area contributed by atoms with Gasteiger partial charge in [0, 0.05) is 43.3 Å². The maximum absolute atomic E-state index is 14.6. The Hall–Kier alpha value is -3.43. The van der Waals surface area contributed by atoms with Crippen molar-refractivity contribution in [2.45, 2.75) is 11.4 Å². The van der Waals surface area contributed by atoms with Crippen molar-refractivity contribution in [1.82, 2.24) is 14.6 Å². The van der Waals surface area contributed by atoms with Crippen molar-refractivity contribution < 1.29 is 17.5 Å². The lowest BCUT2D eigenvalue weighted by molar-refractivity contribution is 0.402. The lowest BCUT2D eigenvalue weighted by atomic mass is 10.1. The number of benzene rings is 2. The monoisotopic (exact) mass is 456 g/mol. The number of nitrogens with one attached hydrogen (secondary N) is 3. The largest absolute Gasteiger partial charge is 0.495 e. The fourth-order valence-electron chi connectivity index (χ4n) is 3.39. The Labute approximate surface area is 187 Å². The van der Waals surface area contributed by atoms with Crippen LogP contribution in [0.4, 0.5) is 4.39 Å². The number of halogens is 1. The summed E-state index contributed by atoms with van der Waals surface area (Å²) >= 11 is 0. The van der Waals surface area contributed by atoms with Crippen LogP contribution in [0.2, 0.25) is 0 Å². The van der Waals surface area contributed by atoms with Gasteiger partial charge in [-0.25, -0.2) is 16.8 Å². The Morgan fingerprint density at radius 1 is 1.19 bits per heavy atom. The van der Waals surface area contributed by atoms with Crippen molar-refractivity contribution in [1.29, 1.82) is 5.41 Å². The molecule has 9 heteroatoms. The number of allylic oxidation sites excluding steroid dienone is 1. The third-order valence-corrected chi connectivity index (χ3v) is 6.56. The van der Waals surface area contributed by atoms with Crippen LogP contribution in [-0.4, -0.2) is 39.8 Å². The van der Waals surface area contributed by atoms with Gasteiger partial charge in [0.25, 0.3) is 10.0 Å². The second-order valence-electron chi connectivity index (χ2n) is 6.94. The first-order chi connectivity index (χ1) is 15.4. The van der Waals surface area contributed by atoms with E-state index >= 15 is 0 Å². The Morgan fingerprint density at radius 2 is 1.94 bits per heavy atom. The lowest BCUT2D eigenvalue weighted by Gasteiger charge is -2.15. The molecule has 168 valence electrons. The molecule has 3 N–H and O–H groups in total. The van der Waals surface area contributed by atoms with Crippen molar-refractivity contribution in [2.24, 2.45) is 0 Å². The molecule has 0 unspecified atom stereocenters. The average Bonchev–Trinajstić information content (AvgIpc) is 3.22. The van der Waals surface area contributed by atoms with Gasteiger partial charge in [-0.1, -0.05) is 18.2 Å². The Kier molecular flexibility index (Phi) is 7.12. The lowest BCUT2D eigenvalue weighted by Crippen LogP contribution is -2.15. The predicted octanol–water partition coefficient (Wildman–Crippen LogP) is 3.47. The van der Waals surface area contributed by atoms with E-state index in [1.54, 1.807) is 44.6 Å². The summed E-state index contributed by atoms with van der Waals surface area (Å²) in [6.07, 6.45) is 4.19. The second kappa shape index (κ2) is 9.80. The zero-order valence-electron chi connectivity index (χ0n) is 18.0. The van der Waals surface area contributed by atoms with Crippen molar-refractivity contribution in [3.63, 3.8) is 0 Å². The molecule has 2 aromatic carbocycles. The fraction of sp³-hybridized carbons (Fsp3) is 0.174. The summed E-state index contributed by atoms with van der Waals surface area (Å²) in [5.74, 6) is -0.382. The minimum Gasteiger partial charge on any atom is -0.495 e. The number of hydrogen-bond donors (Lipinski definition) is 3. The van der Waals surface area contributed by atoms with Crippen molar-refractivity contribution in [2.75, 3.05) is 21.2 Å². The molecule has 0 spiro atoms. The summed E-state index contributed by atoms with van der Waals surface area (Å²) in [5.41, 5.74) is 2.07. The first kappa shape index (κ1) is 23.2. The van der Waals surface area contributed by atoms with Gasteiger partial charge in [0.05, 0.1) is 12.8 Å². The summed E-state index contributed by atoms with van der Waals surface area (Å²) < 4.78 is 48.6. The van der Waals surface area contributed by atoms with Gasteiger partial charge in [-0.3, -0.25) is 0 Å². The second-order valence-corrected chi connectivity index (χ2v) is 8.73. The molecule has 0 saturated heterocycles. The van der Waals surface area contributed by atoms with Gasteiger partial charge in [-0.2, -0.15) is 0 Å².